The molecule has 1 saturated heterocycles. The lowest BCUT2D eigenvalue weighted by molar-refractivity contribution is -0.121. The minimum absolute atomic E-state index is 0.164. The van der Waals surface area contributed by atoms with Gasteiger partial charge in [0.1, 0.15) is 0 Å². The van der Waals surface area contributed by atoms with E-state index >= 15 is 0 Å². The van der Waals surface area contributed by atoms with Gasteiger partial charge in [-0.05, 0) is 23.9 Å². The maximum atomic E-state index is 11.9. The minimum atomic E-state index is 0.164. The largest absolute Gasteiger partial charge is 0.356 e. The predicted molar refractivity (Wildman–Crippen MR) is 93.3 cm³/mol. The summed E-state index contributed by atoms with van der Waals surface area (Å²) >= 11 is 1.93. The van der Waals surface area contributed by atoms with Gasteiger partial charge in [0.15, 0.2) is 0 Å². The SMILES string of the molecule is O=C(CC1CSCCN1)NCCCn1ccc2ccccc21. The summed E-state index contributed by atoms with van der Waals surface area (Å²) in [6, 6.07) is 10.9. The number of para-hydroxylation sites is 1. The summed E-state index contributed by atoms with van der Waals surface area (Å²) in [7, 11) is 0. The molecule has 4 nitrogen and oxygen atoms in total. The third-order valence-corrected chi connectivity index (χ3v) is 5.14. The normalized spacial score (nSPS) is 18.5. The van der Waals surface area contributed by atoms with Crippen molar-refractivity contribution in [1.29, 1.82) is 0 Å². The molecule has 118 valence electrons. The molecule has 1 aromatic carbocycles. The number of benzene rings is 1. The van der Waals surface area contributed by atoms with Gasteiger partial charge >= 0.3 is 0 Å². The van der Waals surface area contributed by atoms with Crippen molar-refractivity contribution in [2.45, 2.75) is 25.4 Å². The molecular formula is C17H23N3OS. The molecule has 1 fully saturated rings. The van der Waals surface area contributed by atoms with Crippen LogP contribution in [0.2, 0.25) is 0 Å². The highest BCUT2D eigenvalue weighted by Crippen LogP contribution is 2.15. The molecule has 5 heteroatoms. The van der Waals surface area contributed by atoms with Crippen LogP contribution in [0.15, 0.2) is 36.5 Å². The quantitative estimate of drug-likeness (QED) is 0.803. The summed E-state index contributed by atoms with van der Waals surface area (Å²) in [6.07, 6.45) is 3.67. The van der Waals surface area contributed by atoms with E-state index in [1.165, 1.54) is 10.9 Å². The highest BCUT2D eigenvalue weighted by atomic mass is 32.2. The third-order valence-electron chi connectivity index (χ3n) is 4.01. The van der Waals surface area contributed by atoms with E-state index in [0.29, 0.717) is 12.5 Å². The van der Waals surface area contributed by atoms with Crippen molar-refractivity contribution >= 4 is 28.6 Å². The molecule has 0 aliphatic carbocycles. The second-order valence-corrected chi connectivity index (χ2v) is 6.85. The number of nitrogens with zero attached hydrogens (tertiary/aromatic N) is 1. The summed E-state index contributed by atoms with van der Waals surface area (Å²) in [5.41, 5.74) is 1.26. The highest BCUT2D eigenvalue weighted by molar-refractivity contribution is 7.99. The fourth-order valence-electron chi connectivity index (χ4n) is 2.86. The number of fused-ring (bicyclic) bond motifs is 1. The van der Waals surface area contributed by atoms with E-state index in [4.69, 9.17) is 0 Å². The van der Waals surface area contributed by atoms with Crippen molar-refractivity contribution in [2.75, 3.05) is 24.6 Å². The van der Waals surface area contributed by atoms with Crippen LogP contribution in [-0.4, -0.2) is 41.1 Å². The van der Waals surface area contributed by atoms with Crippen LogP contribution in [0, 0.1) is 0 Å². The lowest BCUT2D eigenvalue weighted by Gasteiger charge is -2.22. The Hall–Kier alpha value is -1.46. The van der Waals surface area contributed by atoms with Gasteiger partial charge in [-0.3, -0.25) is 4.79 Å². The second-order valence-electron chi connectivity index (χ2n) is 5.70. The molecule has 2 N–H and O–H groups in total. The van der Waals surface area contributed by atoms with Crippen LogP contribution in [0.25, 0.3) is 10.9 Å². The number of aryl methyl sites for hydroxylation is 1. The zero-order valence-electron chi connectivity index (χ0n) is 12.8. The van der Waals surface area contributed by atoms with Crippen LogP contribution < -0.4 is 10.6 Å². The Morgan fingerprint density at radius 2 is 2.27 bits per heavy atom. The molecule has 0 bridgehead atoms. The van der Waals surface area contributed by atoms with Crippen molar-refractivity contribution in [3.8, 4) is 0 Å². The number of hydrogen-bond acceptors (Lipinski definition) is 3. The van der Waals surface area contributed by atoms with Gasteiger partial charge in [0.25, 0.3) is 0 Å². The van der Waals surface area contributed by atoms with Gasteiger partial charge in [0.2, 0.25) is 5.91 Å². The number of thioether (sulfide) groups is 1. The highest BCUT2D eigenvalue weighted by Gasteiger charge is 2.16. The molecule has 1 amide bonds. The van der Waals surface area contributed by atoms with Crippen molar-refractivity contribution in [3.63, 3.8) is 0 Å². The van der Waals surface area contributed by atoms with Gasteiger partial charge < -0.3 is 15.2 Å². The molecule has 1 aromatic heterocycles. The maximum absolute atomic E-state index is 11.9. The van der Waals surface area contributed by atoms with Crippen LogP contribution in [-0.2, 0) is 11.3 Å². The number of amides is 1. The van der Waals surface area contributed by atoms with Crippen LogP contribution in [0.5, 0.6) is 0 Å². The smallest absolute Gasteiger partial charge is 0.221 e. The zero-order valence-corrected chi connectivity index (χ0v) is 13.6. The van der Waals surface area contributed by atoms with Gasteiger partial charge in [-0.2, -0.15) is 11.8 Å². The van der Waals surface area contributed by atoms with E-state index in [-0.39, 0.29) is 5.91 Å². The van der Waals surface area contributed by atoms with E-state index in [0.717, 1.165) is 37.6 Å². The monoisotopic (exact) mass is 317 g/mol. The molecule has 1 aliphatic heterocycles. The Bertz CT molecular complexity index is 619. The first-order chi connectivity index (χ1) is 10.8. The van der Waals surface area contributed by atoms with Gasteiger partial charge in [-0.15, -0.1) is 0 Å². The number of aromatic nitrogens is 1. The summed E-state index contributed by atoms with van der Waals surface area (Å²) in [5, 5.41) is 7.71. The molecule has 1 unspecified atom stereocenters. The summed E-state index contributed by atoms with van der Waals surface area (Å²) < 4.78 is 2.25. The van der Waals surface area contributed by atoms with Crippen LogP contribution in [0.4, 0.5) is 0 Å². The standard InChI is InChI=1S/C17H23N3OS/c21-17(12-15-13-22-11-8-18-15)19-7-3-9-20-10-6-14-4-1-2-5-16(14)20/h1-2,4-6,10,15,18H,3,7-9,11-13H2,(H,19,21). The molecule has 22 heavy (non-hydrogen) atoms. The van der Waals surface area contributed by atoms with Gasteiger partial charge in [0, 0.05) is 55.3 Å². The number of nitrogens with one attached hydrogen (secondary N) is 2. The van der Waals surface area contributed by atoms with Gasteiger partial charge in [0.05, 0.1) is 0 Å². The number of carbonyl (C=O) groups excluding carboxylic acids is 1. The number of hydrogen-bond donors (Lipinski definition) is 2. The van der Waals surface area contributed by atoms with Crippen LogP contribution in [0.1, 0.15) is 12.8 Å². The van der Waals surface area contributed by atoms with Gasteiger partial charge in [-0.1, -0.05) is 18.2 Å². The van der Waals surface area contributed by atoms with Crippen molar-refractivity contribution in [1.82, 2.24) is 15.2 Å². The number of carbonyl (C=O) groups is 1. The van der Waals surface area contributed by atoms with E-state index in [2.05, 4.69) is 51.7 Å². The van der Waals surface area contributed by atoms with E-state index in [9.17, 15) is 4.79 Å². The Labute approximate surface area is 135 Å². The Balaban J connectivity index is 1.39. The fraction of sp³-hybridized carbons (Fsp3) is 0.471. The summed E-state index contributed by atoms with van der Waals surface area (Å²) in [6.45, 7) is 2.69. The third kappa shape index (κ3) is 4.05. The molecular weight excluding hydrogens is 294 g/mol. The van der Waals surface area contributed by atoms with Crippen molar-refractivity contribution in [3.05, 3.63) is 36.5 Å². The maximum Gasteiger partial charge on any atom is 0.221 e. The first-order valence-electron chi connectivity index (χ1n) is 7.94. The van der Waals surface area contributed by atoms with Crippen LogP contribution >= 0.6 is 11.8 Å². The summed E-state index contributed by atoms with van der Waals surface area (Å²) in [4.78, 5) is 11.9. The molecule has 2 heterocycles. The molecule has 1 atom stereocenters. The first kappa shape index (κ1) is 15.4. The predicted octanol–water partition coefficient (Wildman–Crippen LogP) is 2.24. The van der Waals surface area contributed by atoms with Crippen LogP contribution in [0.3, 0.4) is 0 Å². The molecule has 0 saturated carbocycles. The molecule has 0 radical (unpaired) electrons. The lowest BCUT2D eigenvalue weighted by Crippen LogP contribution is -2.41. The topological polar surface area (TPSA) is 46.1 Å². The summed E-state index contributed by atoms with van der Waals surface area (Å²) in [5.74, 6) is 2.36. The Kier molecular flexibility index (Phi) is 5.40. The Morgan fingerprint density at radius 3 is 3.14 bits per heavy atom. The zero-order chi connectivity index (χ0) is 15.2. The Morgan fingerprint density at radius 1 is 1.36 bits per heavy atom. The van der Waals surface area contributed by atoms with Crippen molar-refractivity contribution < 1.29 is 4.79 Å². The first-order valence-corrected chi connectivity index (χ1v) is 9.10. The molecule has 3 rings (SSSR count). The molecule has 2 aromatic rings. The molecule has 1 aliphatic rings. The molecule has 0 spiro atoms. The van der Waals surface area contributed by atoms with E-state index in [1.54, 1.807) is 0 Å². The fourth-order valence-corrected chi connectivity index (χ4v) is 3.81. The van der Waals surface area contributed by atoms with Crippen molar-refractivity contribution in [2.24, 2.45) is 0 Å². The van der Waals surface area contributed by atoms with E-state index < -0.39 is 0 Å². The minimum Gasteiger partial charge on any atom is -0.356 e. The number of rotatable bonds is 6. The average Bonchev–Trinajstić information content (AvgIpc) is 2.96. The average molecular weight is 317 g/mol. The lowest BCUT2D eigenvalue weighted by atomic mass is 10.2. The second kappa shape index (κ2) is 7.70. The van der Waals surface area contributed by atoms with Gasteiger partial charge in [-0.25, -0.2) is 0 Å². The van der Waals surface area contributed by atoms with E-state index in [1.807, 2.05) is 11.8 Å².